The first kappa shape index (κ1) is 12.1. The minimum atomic E-state index is -0.629. The number of rotatable bonds is 4. The van der Waals surface area contributed by atoms with Crippen LogP contribution in [0.15, 0.2) is 11.7 Å². The van der Waals surface area contributed by atoms with Crippen molar-refractivity contribution < 1.29 is 9.90 Å². The molecule has 2 aliphatic carbocycles. The topological polar surface area (TPSA) is 62.2 Å². The first-order valence-corrected chi connectivity index (χ1v) is 7.42. The summed E-state index contributed by atoms with van der Waals surface area (Å²) in [5.74, 6) is 0.112. The fourth-order valence-electron chi connectivity index (χ4n) is 3.70. The van der Waals surface area contributed by atoms with Crippen molar-refractivity contribution in [1.82, 2.24) is 10.3 Å². The van der Waals surface area contributed by atoms with Gasteiger partial charge in [-0.05, 0) is 38.0 Å². The number of hydrogen-bond acceptors (Lipinski definition) is 4. The predicted molar refractivity (Wildman–Crippen MR) is 69.4 cm³/mol. The second-order valence-electron chi connectivity index (χ2n) is 5.52. The number of aliphatic carboxylic acids is 1. The monoisotopic (exact) mass is 266 g/mol. The van der Waals surface area contributed by atoms with Gasteiger partial charge in [-0.1, -0.05) is 0 Å². The van der Waals surface area contributed by atoms with Crippen LogP contribution >= 0.6 is 11.3 Å². The predicted octanol–water partition coefficient (Wildman–Crippen LogP) is 2.29. The van der Waals surface area contributed by atoms with Crippen molar-refractivity contribution in [3.05, 3.63) is 16.6 Å². The van der Waals surface area contributed by atoms with E-state index in [-0.39, 0.29) is 18.0 Å². The molecule has 98 valence electrons. The number of aromatic nitrogens is 1. The second kappa shape index (κ2) is 4.63. The van der Waals surface area contributed by atoms with E-state index in [9.17, 15) is 9.90 Å². The van der Waals surface area contributed by atoms with Gasteiger partial charge >= 0.3 is 5.97 Å². The highest BCUT2D eigenvalue weighted by molar-refractivity contribution is 7.09. The van der Waals surface area contributed by atoms with Crippen LogP contribution in [0.3, 0.4) is 0 Å². The Labute approximate surface area is 110 Å². The van der Waals surface area contributed by atoms with E-state index in [4.69, 9.17) is 0 Å². The number of hydrogen-bond donors (Lipinski definition) is 2. The third-order valence-electron chi connectivity index (χ3n) is 4.52. The molecule has 1 aromatic heterocycles. The Morgan fingerprint density at radius 3 is 3.00 bits per heavy atom. The van der Waals surface area contributed by atoms with Crippen LogP contribution in [0, 0.1) is 17.8 Å². The molecule has 0 saturated heterocycles. The van der Waals surface area contributed by atoms with Gasteiger partial charge in [-0.25, -0.2) is 0 Å². The Kier molecular flexibility index (Phi) is 3.11. The lowest BCUT2D eigenvalue weighted by molar-refractivity contribution is -0.144. The van der Waals surface area contributed by atoms with Gasteiger partial charge in [0, 0.05) is 23.2 Å². The normalized spacial score (nSPS) is 35.8. The molecule has 1 aromatic rings. The van der Waals surface area contributed by atoms with E-state index < -0.39 is 5.97 Å². The Hall–Kier alpha value is -0.940. The molecule has 5 unspecified atom stereocenters. The zero-order valence-corrected chi connectivity index (χ0v) is 11.2. The molecule has 0 radical (unpaired) electrons. The maximum Gasteiger partial charge on any atom is 0.308 e. The van der Waals surface area contributed by atoms with Gasteiger partial charge in [-0.3, -0.25) is 9.78 Å². The number of thiazole rings is 1. The molecule has 18 heavy (non-hydrogen) atoms. The minimum Gasteiger partial charge on any atom is -0.481 e. The molecule has 2 saturated carbocycles. The average Bonchev–Trinajstić information content (AvgIpc) is 3.05. The fourth-order valence-corrected chi connectivity index (χ4v) is 4.33. The molecular weight excluding hydrogens is 248 g/mol. The Balaban J connectivity index is 1.73. The van der Waals surface area contributed by atoms with Crippen molar-refractivity contribution in [1.29, 1.82) is 0 Å². The molecule has 2 aliphatic rings. The lowest BCUT2D eigenvalue weighted by Crippen LogP contribution is -2.45. The van der Waals surface area contributed by atoms with Crippen molar-refractivity contribution in [2.75, 3.05) is 0 Å². The van der Waals surface area contributed by atoms with Crippen LogP contribution in [0.4, 0.5) is 0 Å². The lowest BCUT2D eigenvalue weighted by atomic mass is 9.84. The second-order valence-corrected chi connectivity index (χ2v) is 6.43. The van der Waals surface area contributed by atoms with E-state index in [2.05, 4.69) is 17.2 Å². The van der Waals surface area contributed by atoms with Gasteiger partial charge < -0.3 is 10.4 Å². The van der Waals surface area contributed by atoms with Crippen molar-refractivity contribution in [2.45, 2.75) is 38.3 Å². The van der Waals surface area contributed by atoms with Gasteiger partial charge in [0.1, 0.15) is 0 Å². The highest BCUT2D eigenvalue weighted by Gasteiger charge is 2.51. The summed E-state index contributed by atoms with van der Waals surface area (Å²) >= 11 is 1.62. The zero-order valence-electron chi connectivity index (χ0n) is 10.4. The number of nitrogens with zero attached hydrogens (tertiary/aromatic N) is 1. The molecule has 5 heteroatoms. The molecule has 0 amide bonds. The summed E-state index contributed by atoms with van der Waals surface area (Å²) in [7, 11) is 0. The van der Waals surface area contributed by atoms with Crippen molar-refractivity contribution >= 4 is 17.3 Å². The van der Waals surface area contributed by atoms with Crippen molar-refractivity contribution in [2.24, 2.45) is 17.8 Å². The largest absolute Gasteiger partial charge is 0.481 e. The van der Waals surface area contributed by atoms with E-state index in [1.54, 1.807) is 11.3 Å². The van der Waals surface area contributed by atoms with Crippen LogP contribution in [0.1, 0.15) is 37.1 Å². The van der Waals surface area contributed by atoms with E-state index in [1.807, 2.05) is 11.7 Å². The molecule has 5 atom stereocenters. The van der Waals surface area contributed by atoms with Gasteiger partial charge in [0.05, 0.1) is 11.4 Å². The summed E-state index contributed by atoms with van der Waals surface area (Å²) in [6.07, 6.45) is 5.23. The van der Waals surface area contributed by atoms with Crippen LogP contribution in [0.25, 0.3) is 0 Å². The van der Waals surface area contributed by atoms with Crippen LogP contribution < -0.4 is 5.32 Å². The molecule has 2 bridgehead atoms. The summed E-state index contributed by atoms with van der Waals surface area (Å²) in [5.41, 5.74) is 1.82. The number of nitrogens with one attached hydrogen (secondary N) is 1. The van der Waals surface area contributed by atoms with Gasteiger partial charge in [-0.15, -0.1) is 11.3 Å². The minimum absolute atomic E-state index is 0.137. The van der Waals surface area contributed by atoms with E-state index >= 15 is 0 Å². The highest BCUT2D eigenvalue weighted by Crippen LogP contribution is 2.49. The summed E-state index contributed by atoms with van der Waals surface area (Å²) in [4.78, 5) is 16.7. The van der Waals surface area contributed by atoms with Crippen LogP contribution in [-0.4, -0.2) is 22.1 Å². The third-order valence-corrected chi connectivity index (χ3v) is 5.48. The number of carbonyl (C=O) groups is 1. The number of carboxylic acid groups (broad SMARTS) is 1. The van der Waals surface area contributed by atoms with Crippen LogP contribution in [-0.2, 0) is 4.79 Å². The molecular formula is C13H18N2O2S. The Morgan fingerprint density at radius 1 is 1.56 bits per heavy atom. The Morgan fingerprint density at radius 2 is 2.33 bits per heavy atom. The molecule has 2 fully saturated rings. The molecule has 2 N–H and O–H groups in total. The first-order chi connectivity index (χ1) is 8.66. The summed E-state index contributed by atoms with van der Waals surface area (Å²) in [6.45, 7) is 2.10. The maximum atomic E-state index is 11.4. The van der Waals surface area contributed by atoms with Gasteiger partial charge in [0.2, 0.25) is 0 Å². The van der Waals surface area contributed by atoms with Crippen LogP contribution in [0.5, 0.6) is 0 Å². The summed E-state index contributed by atoms with van der Waals surface area (Å²) in [5, 5.41) is 12.9. The molecule has 3 rings (SSSR count). The van der Waals surface area contributed by atoms with Crippen molar-refractivity contribution in [3.63, 3.8) is 0 Å². The smallest absolute Gasteiger partial charge is 0.308 e. The van der Waals surface area contributed by atoms with Gasteiger partial charge in [0.15, 0.2) is 0 Å². The molecule has 4 nitrogen and oxygen atoms in total. The SMILES string of the molecule is CC(NC1C2CCC(C2)C1C(=O)O)c1cncs1. The standard InChI is InChI=1S/C13H18N2O2S/c1-7(10-5-14-6-18-10)15-12-9-3-2-8(4-9)11(12)13(16)17/h5-9,11-12,15H,2-4H2,1H3,(H,16,17). The fraction of sp³-hybridized carbons (Fsp3) is 0.692. The molecule has 0 spiro atoms. The van der Waals surface area contributed by atoms with Gasteiger partial charge in [0.25, 0.3) is 0 Å². The quantitative estimate of drug-likeness (QED) is 0.877. The number of fused-ring (bicyclic) bond motifs is 2. The van der Waals surface area contributed by atoms with E-state index in [1.165, 1.54) is 11.3 Å². The average molecular weight is 266 g/mol. The highest BCUT2D eigenvalue weighted by atomic mass is 32.1. The molecule has 0 aliphatic heterocycles. The van der Waals surface area contributed by atoms with Crippen LogP contribution in [0.2, 0.25) is 0 Å². The third kappa shape index (κ3) is 1.95. The lowest BCUT2D eigenvalue weighted by Gasteiger charge is -2.31. The number of carboxylic acids is 1. The first-order valence-electron chi connectivity index (χ1n) is 6.54. The van der Waals surface area contributed by atoms with E-state index in [0.717, 1.165) is 12.8 Å². The van der Waals surface area contributed by atoms with Crippen molar-refractivity contribution in [3.8, 4) is 0 Å². The summed E-state index contributed by atoms with van der Waals surface area (Å²) < 4.78 is 0. The molecule has 1 heterocycles. The Bertz CT molecular complexity index is 434. The zero-order chi connectivity index (χ0) is 12.7. The summed E-state index contributed by atoms with van der Waals surface area (Å²) in [6, 6.07) is 0.335. The van der Waals surface area contributed by atoms with Gasteiger partial charge in [-0.2, -0.15) is 0 Å². The van der Waals surface area contributed by atoms with E-state index in [0.29, 0.717) is 11.8 Å². The molecule has 0 aromatic carbocycles. The maximum absolute atomic E-state index is 11.4.